The summed E-state index contributed by atoms with van der Waals surface area (Å²) < 4.78 is 36.5. The van der Waals surface area contributed by atoms with Crippen LogP contribution in [0.1, 0.15) is 21.5 Å². The number of carbonyl (C=O) groups is 1. The van der Waals surface area contributed by atoms with Crippen LogP contribution in [0, 0.1) is 13.8 Å². The molecule has 0 radical (unpaired) electrons. The predicted octanol–water partition coefficient (Wildman–Crippen LogP) is 5.16. The molecule has 3 aromatic carbocycles. The number of nitrogens with one attached hydrogen (secondary N) is 1. The first-order valence-electron chi connectivity index (χ1n) is 10.8. The minimum atomic E-state index is -3.89. The Bertz CT molecular complexity index is 1570. The summed E-state index contributed by atoms with van der Waals surface area (Å²) in [6.45, 7) is 4.70. The van der Waals surface area contributed by atoms with E-state index in [1.165, 1.54) is 23.5 Å². The van der Waals surface area contributed by atoms with Gasteiger partial charge in [0.25, 0.3) is 15.9 Å². The number of anilines is 1. The molecule has 1 N–H and O–H groups in total. The largest absolute Gasteiger partial charge is 0.383 e. The van der Waals surface area contributed by atoms with Crippen LogP contribution in [-0.4, -0.2) is 32.6 Å². The molecule has 0 aliphatic heterocycles. The number of aryl methyl sites for hydroxylation is 2. The number of methoxy groups -OCH3 is 1. The van der Waals surface area contributed by atoms with Crippen LogP contribution < -0.4 is 9.52 Å². The Morgan fingerprint density at radius 2 is 1.80 bits per heavy atom. The first-order chi connectivity index (χ1) is 16.7. The summed E-state index contributed by atoms with van der Waals surface area (Å²) >= 11 is 7.70. The van der Waals surface area contributed by atoms with Crippen LogP contribution in [0.25, 0.3) is 10.2 Å². The Kier molecular flexibility index (Phi) is 7.42. The summed E-state index contributed by atoms with van der Waals surface area (Å²) in [5.41, 5.74) is 3.02. The van der Waals surface area contributed by atoms with Gasteiger partial charge in [-0.1, -0.05) is 52.8 Å². The van der Waals surface area contributed by atoms with E-state index in [0.29, 0.717) is 23.0 Å². The van der Waals surface area contributed by atoms with Gasteiger partial charge in [-0.3, -0.25) is 9.52 Å². The highest BCUT2D eigenvalue weighted by Crippen LogP contribution is 2.27. The average Bonchev–Trinajstić information content (AvgIpc) is 3.18. The van der Waals surface area contributed by atoms with Crippen LogP contribution >= 0.6 is 22.9 Å². The monoisotopic (exact) mass is 529 g/mol. The van der Waals surface area contributed by atoms with Crippen molar-refractivity contribution in [1.82, 2.24) is 4.57 Å². The standard InChI is InChI=1S/C25H24ClN3O4S2/c1-16-8-10-18(11-9-16)35(31,32)28-21-7-5-4-6-19(21)24(30)27-25-29(14-15-33-3)23-17(2)20(26)12-13-22(23)34-25/h4-13,28H,14-15H2,1-3H3. The number of aromatic nitrogens is 1. The zero-order valence-electron chi connectivity index (χ0n) is 19.4. The van der Waals surface area contributed by atoms with Gasteiger partial charge >= 0.3 is 0 Å². The van der Waals surface area contributed by atoms with E-state index in [4.69, 9.17) is 16.3 Å². The zero-order chi connectivity index (χ0) is 25.2. The molecule has 0 saturated carbocycles. The van der Waals surface area contributed by atoms with E-state index in [1.807, 2.05) is 30.5 Å². The second kappa shape index (κ2) is 10.3. The minimum Gasteiger partial charge on any atom is -0.383 e. The van der Waals surface area contributed by atoms with Gasteiger partial charge < -0.3 is 9.30 Å². The van der Waals surface area contributed by atoms with E-state index in [1.54, 1.807) is 43.5 Å². The lowest BCUT2D eigenvalue weighted by atomic mass is 10.2. The fourth-order valence-corrected chi connectivity index (χ4v) is 5.96. The van der Waals surface area contributed by atoms with E-state index in [0.717, 1.165) is 21.3 Å². The maximum atomic E-state index is 13.3. The van der Waals surface area contributed by atoms with Crippen LogP contribution in [0.15, 0.2) is 70.6 Å². The lowest BCUT2D eigenvalue weighted by Gasteiger charge is -2.11. The number of carbonyl (C=O) groups excluding carboxylic acids is 1. The van der Waals surface area contributed by atoms with Gasteiger partial charge in [0.05, 0.1) is 33.0 Å². The maximum Gasteiger partial charge on any atom is 0.281 e. The minimum absolute atomic E-state index is 0.108. The summed E-state index contributed by atoms with van der Waals surface area (Å²) in [7, 11) is -2.28. The molecule has 1 amide bonds. The number of fused-ring (bicyclic) bond motifs is 1. The fourth-order valence-electron chi connectivity index (χ4n) is 3.62. The number of para-hydroxylation sites is 1. The highest BCUT2D eigenvalue weighted by atomic mass is 35.5. The Hall–Kier alpha value is -2.98. The molecule has 7 nitrogen and oxygen atoms in total. The summed E-state index contributed by atoms with van der Waals surface area (Å²) in [6, 6.07) is 16.6. The molecule has 10 heteroatoms. The zero-order valence-corrected chi connectivity index (χ0v) is 21.8. The molecular weight excluding hydrogens is 506 g/mol. The van der Waals surface area contributed by atoms with E-state index >= 15 is 0 Å². The number of halogens is 1. The molecule has 0 aliphatic carbocycles. The molecular formula is C25H24ClN3O4S2. The summed E-state index contributed by atoms with van der Waals surface area (Å²) in [5, 5.41) is 0.621. The predicted molar refractivity (Wildman–Crippen MR) is 140 cm³/mol. The van der Waals surface area contributed by atoms with Crippen molar-refractivity contribution in [3.8, 4) is 0 Å². The number of ether oxygens (including phenoxy) is 1. The third-order valence-electron chi connectivity index (χ3n) is 5.48. The Labute approximate surface area is 212 Å². The van der Waals surface area contributed by atoms with Crippen molar-refractivity contribution in [2.24, 2.45) is 4.99 Å². The number of thiazole rings is 1. The van der Waals surface area contributed by atoms with Crippen molar-refractivity contribution < 1.29 is 17.9 Å². The third kappa shape index (κ3) is 5.33. The van der Waals surface area contributed by atoms with Crippen LogP contribution in [0.3, 0.4) is 0 Å². The molecule has 0 fully saturated rings. The molecule has 0 aliphatic rings. The van der Waals surface area contributed by atoms with Crippen molar-refractivity contribution in [3.63, 3.8) is 0 Å². The third-order valence-corrected chi connectivity index (χ3v) is 8.31. The van der Waals surface area contributed by atoms with Gasteiger partial charge in [-0.15, -0.1) is 0 Å². The smallest absolute Gasteiger partial charge is 0.281 e. The summed E-state index contributed by atoms with van der Waals surface area (Å²) in [4.78, 5) is 18.2. The second-order valence-corrected chi connectivity index (χ2v) is 11.0. The molecule has 4 rings (SSSR count). The van der Waals surface area contributed by atoms with E-state index < -0.39 is 15.9 Å². The molecule has 0 bridgehead atoms. The van der Waals surface area contributed by atoms with Gasteiger partial charge in [0.2, 0.25) is 0 Å². The number of hydrogen-bond acceptors (Lipinski definition) is 5. The lowest BCUT2D eigenvalue weighted by Crippen LogP contribution is -2.20. The average molecular weight is 530 g/mol. The molecule has 182 valence electrons. The maximum absolute atomic E-state index is 13.3. The van der Waals surface area contributed by atoms with Crippen LogP contribution in [0.4, 0.5) is 5.69 Å². The first-order valence-corrected chi connectivity index (χ1v) is 13.4. The molecule has 35 heavy (non-hydrogen) atoms. The molecule has 4 aromatic rings. The molecule has 1 heterocycles. The molecule has 0 spiro atoms. The molecule has 0 saturated heterocycles. The quantitative estimate of drug-likeness (QED) is 0.358. The van der Waals surface area contributed by atoms with Crippen molar-refractivity contribution in [1.29, 1.82) is 0 Å². The number of nitrogens with zero attached hydrogens (tertiary/aromatic N) is 2. The second-order valence-electron chi connectivity index (χ2n) is 7.93. The molecule has 0 unspecified atom stereocenters. The van der Waals surface area contributed by atoms with Gasteiger partial charge in [0.15, 0.2) is 4.80 Å². The number of hydrogen-bond donors (Lipinski definition) is 1. The van der Waals surface area contributed by atoms with E-state index in [-0.39, 0.29) is 16.1 Å². The van der Waals surface area contributed by atoms with Crippen molar-refractivity contribution in [2.45, 2.75) is 25.3 Å². The highest BCUT2D eigenvalue weighted by molar-refractivity contribution is 7.92. The van der Waals surface area contributed by atoms with Crippen molar-refractivity contribution in [3.05, 3.63) is 87.2 Å². The number of amides is 1. The Balaban J connectivity index is 1.77. The van der Waals surface area contributed by atoms with Crippen molar-refractivity contribution in [2.75, 3.05) is 18.4 Å². The van der Waals surface area contributed by atoms with E-state index in [2.05, 4.69) is 9.71 Å². The lowest BCUT2D eigenvalue weighted by molar-refractivity contribution is 0.0998. The van der Waals surface area contributed by atoms with Gasteiger partial charge in [0.1, 0.15) is 0 Å². The Morgan fingerprint density at radius 3 is 2.51 bits per heavy atom. The van der Waals surface area contributed by atoms with Gasteiger partial charge in [0, 0.05) is 18.7 Å². The van der Waals surface area contributed by atoms with E-state index in [9.17, 15) is 13.2 Å². The fraction of sp³-hybridized carbons (Fsp3) is 0.200. The molecule has 1 aromatic heterocycles. The van der Waals surface area contributed by atoms with Crippen LogP contribution in [0.2, 0.25) is 5.02 Å². The summed E-state index contributed by atoms with van der Waals surface area (Å²) in [5.74, 6) is -0.561. The summed E-state index contributed by atoms with van der Waals surface area (Å²) in [6.07, 6.45) is 0. The number of benzene rings is 3. The SMILES string of the molecule is COCCn1c(=NC(=O)c2ccccc2NS(=O)(=O)c2ccc(C)cc2)sc2ccc(Cl)c(C)c21. The highest BCUT2D eigenvalue weighted by Gasteiger charge is 2.19. The molecule has 0 atom stereocenters. The first kappa shape index (κ1) is 25.1. The van der Waals surface area contributed by atoms with Crippen molar-refractivity contribution >= 4 is 54.8 Å². The number of rotatable bonds is 7. The van der Waals surface area contributed by atoms with Gasteiger partial charge in [-0.2, -0.15) is 4.99 Å². The van der Waals surface area contributed by atoms with Crippen LogP contribution in [-0.2, 0) is 21.3 Å². The Morgan fingerprint density at radius 1 is 1.09 bits per heavy atom. The normalized spacial score (nSPS) is 12.3. The van der Waals surface area contributed by atoms with Crippen LogP contribution in [0.5, 0.6) is 0 Å². The van der Waals surface area contributed by atoms with Gasteiger partial charge in [-0.25, -0.2) is 8.42 Å². The van der Waals surface area contributed by atoms with Gasteiger partial charge in [-0.05, 0) is 55.8 Å². The number of sulfonamides is 1. The topological polar surface area (TPSA) is 89.8 Å².